The predicted octanol–water partition coefficient (Wildman–Crippen LogP) is 4.44. The van der Waals surface area contributed by atoms with Crippen LogP contribution in [-0.2, 0) is 0 Å². The first-order valence-electron chi connectivity index (χ1n) is 6.13. The van der Waals surface area contributed by atoms with E-state index in [0.717, 1.165) is 16.3 Å². The zero-order valence-corrected chi connectivity index (χ0v) is 12.4. The maximum absolute atomic E-state index is 9.31. The summed E-state index contributed by atoms with van der Waals surface area (Å²) in [6, 6.07) is 6.53. The van der Waals surface area contributed by atoms with E-state index >= 15 is 0 Å². The molecule has 0 bridgehead atoms. The molecule has 0 fully saturated rings. The lowest BCUT2D eigenvalue weighted by atomic mass is 9.99. The van der Waals surface area contributed by atoms with Crippen molar-refractivity contribution in [3.63, 3.8) is 0 Å². The van der Waals surface area contributed by atoms with Gasteiger partial charge >= 0.3 is 0 Å². The number of thiazole rings is 1. The summed E-state index contributed by atoms with van der Waals surface area (Å²) in [7, 11) is 0. The molecular formula is C16H16N2S. The first-order valence-corrected chi connectivity index (χ1v) is 7.01. The van der Waals surface area contributed by atoms with Crippen molar-refractivity contribution >= 4 is 23.0 Å². The Kier molecular flexibility index (Phi) is 3.82. The van der Waals surface area contributed by atoms with Crippen molar-refractivity contribution in [2.24, 2.45) is 0 Å². The Balaban J connectivity index is 2.50. The minimum atomic E-state index is 0.629. The van der Waals surface area contributed by atoms with Crippen molar-refractivity contribution in [3.05, 3.63) is 50.5 Å². The summed E-state index contributed by atoms with van der Waals surface area (Å²) in [5.74, 6) is 0. The van der Waals surface area contributed by atoms with Crippen LogP contribution in [-0.4, -0.2) is 4.98 Å². The van der Waals surface area contributed by atoms with E-state index in [1.807, 2.05) is 18.4 Å². The van der Waals surface area contributed by atoms with Gasteiger partial charge in [0, 0.05) is 11.1 Å². The molecule has 2 rings (SSSR count). The van der Waals surface area contributed by atoms with Gasteiger partial charge in [0.15, 0.2) is 0 Å². The van der Waals surface area contributed by atoms with Gasteiger partial charge in [-0.2, -0.15) is 5.26 Å². The number of allylic oxidation sites excluding steroid dienone is 1. The summed E-state index contributed by atoms with van der Waals surface area (Å²) < 4.78 is 0. The number of hydrogen-bond acceptors (Lipinski definition) is 3. The van der Waals surface area contributed by atoms with Crippen LogP contribution < -0.4 is 0 Å². The molecule has 0 saturated heterocycles. The molecule has 0 atom stereocenters. The maximum atomic E-state index is 9.31. The first kappa shape index (κ1) is 13.5. The molecule has 3 heteroatoms. The smallest absolute Gasteiger partial charge is 0.134 e. The number of nitrogens with zero attached hydrogens (tertiary/aromatic N) is 2. The molecule has 2 nitrogen and oxygen atoms in total. The summed E-state index contributed by atoms with van der Waals surface area (Å²) >= 11 is 1.51. The van der Waals surface area contributed by atoms with Crippen molar-refractivity contribution < 1.29 is 0 Å². The van der Waals surface area contributed by atoms with Crippen LogP contribution in [0.1, 0.15) is 33.0 Å². The van der Waals surface area contributed by atoms with Crippen LogP contribution >= 0.6 is 11.3 Å². The fourth-order valence-electron chi connectivity index (χ4n) is 1.91. The molecule has 1 aromatic heterocycles. The van der Waals surface area contributed by atoms with Gasteiger partial charge in [-0.25, -0.2) is 4.98 Å². The van der Waals surface area contributed by atoms with E-state index in [4.69, 9.17) is 0 Å². The molecule has 0 aliphatic heterocycles. The van der Waals surface area contributed by atoms with Crippen LogP contribution in [0.15, 0.2) is 17.5 Å². The van der Waals surface area contributed by atoms with E-state index in [1.165, 1.54) is 28.0 Å². The highest BCUT2D eigenvalue weighted by Gasteiger charge is 2.07. The van der Waals surface area contributed by atoms with Gasteiger partial charge < -0.3 is 0 Å². The van der Waals surface area contributed by atoms with Crippen LogP contribution in [0.2, 0.25) is 0 Å². The van der Waals surface area contributed by atoms with E-state index in [0.29, 0.717) is 5.57 Å². The Morgan fingerprint density at radius 2 is 1.84 bits per heavy atom. The molecule has 0 spiro atoms. The monoisotopic (exact) mass is 268 g/mol. The van der Waals surface area contributed by atoms with Crippen molar-refractivity contribution in [2.75, 3.05) is 0 Å². The number of rotatable bonds is 2. The topological polar surface area (TPSA) is 36.7 Å². The van der Waals surface area contributed by atoms with E-state index in [-0.39, 0.29) is 0 Å². The molecule has 0 N–H and O–H groups in total. The zero-order valence-electron chi connectivity index (χ0n) is 11.6. The minimum absolute atomic E-state index is 0.629. The molecule has 0 amide bonds. The van der Waals surface area contributed by atoms with Gasteiger partial charge in [0.05, 0.1) is 5.57 Å². The summed E-state index contributed by atoms with van der Waals surface area (Å²) in [4.78, 5) is 4.38. The van der Waals surface area contributed by atoms with E-state index in [2.05, 4.69) is 44.0 Å². The third-order valence-corrected chi connectivity index (χ3v) is 4.15. The largest absolute Gasteiger partial charge is 0.241 e. The molecular weight excluding hydrogens is 252 g/mol. The van der Waals surface area contributed by atoms with Crippen molar-refractivity contribution in [2.45, 2.75) is 27.7 Å². The highest BCUT2D eigenvalue weighted by atomic mass is 32.1. The second kappa shape index (κ2) is 5.38. The van der Waals surface area contributed by atoms with Gasteiger partial charge in [-0.1, -0.05) is 12.1 Å². The van der Waals surface area contributed by atoms with Gasteiger partial charge in [-0.3, -0.25) is 0 Å². The van der Waals surface area contributed by atoms with Crippen LogP contribution in [0, 0.1) is 39.0 Å². The van der Waals surface area contributed by atoms with Gasteiger partial charge in [0.1, 0.15) is 11.1 Å². The van der Waals surface area contributed by atoms with Crippen LogP contribution in [0.3, 0.4) is 0 Å². The normalized spacial score (nSPS) is 11.4. The molecule has 1 heterocycles. The fraction of sp³-hybridized carbons (Fsp3) is 0.250. The van der Waals surface area contributed by atoms with E-state index in [9.17, 15) is 5.26 Å². The third kappa shape index (κ3) is 2.91. The highest BCUT2D eigenvalue weighted by Crippen LogP contribution is 2.24. The second-order valence-electron chi connectivity index (χ2n) is 4.76. The number of hydrogen-bond donors (Lipinski definition) is 0. The molecule has 0 radical (unpaired) electrons. The first-order chi connectivity index (χ1) is 9.01. The molecule has 1 aromatic carbocycles. The summed E-state index contributed by atoms with van der Waals surface area (Å²) in [5, 5.41) is 12.1. The standard InChI is InChI=1S/C16H16N2S/c1-10-5-12(3)14(6-11(10)2)7-15(8-17)16-18-13(4)9-19-16/h5-7,9H,1-4H3. The lowest BCUT2D eigenvalue weighted by Crippen LogP contribution is -1.89. The number of benzene rings is 1. The van der Waals surface area contributed by atoms with Crippen molar-refractivity contribution in [1.29, 1.82) is 5.26 Å². The maximum Gasteiger partial charge on any atom is 0.134 e. The number of nitriles is 1. The predicted molar refractivity (Wildman–Crippen MR) is 81.0 cm³/mol. The van der Waals surface area contributed by atoms with Gasteiger partial charge in [-0.05, 0) is 56.0 Å². The lowest BCUT2D eigenvalue weighted by molar-refractivity contribution is 1.24. The molecule has 2 aromatic rings. The third-order valence-electron chi connectivity index (χ3n) is 3.15. The van der Waals surface area contributed by atoms with Crippen molar-refractivity contribution in [1.82, 2.24) is 4.98 Å². The average Bonchev–Trinajstić information content (AvgIpc) is 2.78. The van der Waals surface area contributed by atoms with Gasteiger partial charge in [0.25, 0.3) is 0 Å². The summed E-state index contributed by atoms with van der Waals surface area (Å²) in [6.45, 7) is 8.20. The number of aryl methyl sites for hydroxylation is 4. The zero-order chi connectivity index (χ0) is 14.0. The Bertz CT molecular complexity index is 687. The van der Waals surface area contributed by atoms with Crippen LogP contribution in [0.25, 0.3) is 11.6 Å². The molecule has 19 heavy (non-hydrogen) atoms. The Morgan fingerprint density at radius 1 is 1.16 bits per heavy atom. The van der Waals surface area contributed by atoms with E-state index in [1.54, 1.807) is 0 Å². The Morgan fingerprint density at radius 3 is 2.42 bits per heavy atom. The summed E-state index contributed by atoms with van der Waals surface area (Å²) in [5.41, 5.74) is 6.38. The Labute approximate surface area is 118 Å². The highest BCUT2D eigenvalue weighted by molar-refractivity contribution is 7.11. The Hall–Kier alpha value is -1.92. The quantitative estimate of drug-likeness (QED) is 0.755. The second-order valence-corrected chi connectivity index (χ2v) is 5.62. The molecule has 0 saturated carbocycles. The van der Waals surface area contributed by atoms with Gasteiger partial charge in [0.2, 0.25) is 0 Å². The van der Waals surface area contributed by atoms with Crippen LogP contribution in [0.5, 0.6) is 0 Å². The van der Waals surface area contributed by atoms with Crippen molar-refractivity contribution in [3.8, 4) is 6.07 Å². The number of aromatic nitrogens is 1. The summed E-state index contributed by atoms with van der Waals surface area (Å²) in [6.07, 6.45) is 1.93. The van der Waals surface area contributed by atoms with Gasteiger partial charge in [-0.15, -0.1) is 11.3 Å². The van der Waals surface area contributed by atoms with E-state index < -0.39 is 0 Å². The molecule has 0 aliphatic rings. The molecule has 0 unspecified atom stereocenters. The lowest BCUT2D eigenvalue weighted by Gasteiger charge is -2.06. The molecule has 0 aliphatic carbocycles. The van der Waals surface area contributed by atoms with Crippen LogP contribution in [0.4, 0.5) is 0 Å². The molecule has 96 valence electrons. The SMILES string of the molecule is Cc1csc(C(C#N)=Cc2cc(C)c(C)cc2C)n1. The minimum Gasteiger partial charge on any atom is -0.241 e. The fourth-order valence-corrected chi connectivity index (χ4v) is 2.68. The average molecular weight is 268 g/mol.